The van der Waals surface area contributed by atoms with Gasteiger partial charge in [0.15, 0.2) is 5.11 Å². The molecule has 28 heavy (non-hydrogen) atoms. The van der Waals surface area contributed by atoms with Crippen LogP contribution in [0.4, 0.5) is 5.82 Å². The van der Waals surface area contributed by atoms with Gasteiger partial charge in [0.25, 0.3) is 0 Å². The summed E-state index contributed by atoms with van der Waals surface area (Å²) in [6, 6.07) is 12.4. The molecule has 0 saturated heterocycles. The van der Waals surface area contributed by atoms with Gasteiger partial charge in [-0.25, -0.2) is 4.98 Å². The first-order valence-corrected chi connectivity index (χ1v) is 9.35. The van der Waals surface area contributed by atoms with Crippen molar-refractivity contribution in [1.82, 2.24) is 10.3 Å². The predicted molar refractivity (Wildman–Crippen MR) is 117 cm³/mol. The number of aromatic nitrogens is 1. The van der Waals surface area contributed by atoms with Crippen LogP contribution in [0.15, 0.2) is 59.2 Å². The number of hydrogen-bond acceptors (Lipinski definition) is 4. The van der Waals surface area contributed by atoms with Gasteiger partial charge in [0.05, 0.1) is 0 Å². The number of nitrogens with one attached hydrogen (secondary N) is 2. The maximum Gasteiger partial charge on any atom is 0.250 e. The molecule has 3 rings (SSSR count). The number of carbonyl (C=O) groups is 1. The maximum absolute atomic E-state index is 12.0. The largest absolute Gasteiger partial charge is 0.457 e. The molecule has 0 aliphatic heterocycles. The van der Waals surface area contributed by atoms with Crippen LogP contribution in [0.2, 0.25) is 10.0 Å². The van der Waals surface area contributed by atoms with Crippen LogP contribution in [0.5, 0.6) is 0 Å². The SMILES string of the molecule is Cc1cccnc1NC(=S)NC(=O)/C=C/c1ccc(-c2cc(Cl)cc(Cl)c2)o1. The molecule has 0 radical (unpaired) electrons. The number of thiocarbonyl (C=S) groups is 1. The number of hydrogen-bond donors (Lipinski definition) is 2. The molecule has 1 amide bonds. The fraction of sp³-hybridized carbons (Fsp3) is 0.0500. The zero-order valence-electron chi connectivity index (χ0n) is 14.7. The molecule has 0 saturated carbocycles. The van der Waals surface area contributed by atoms with Crippen molar-refractivity contribution in [2.75, 3.05) is 5.32 Å². The summed E-state index contributed by atoms with van der Waals surface area (Å²) in [6.45, 7) is 1.89. The summed E-state index contributed by atoms with van der Waals surface area (Å²) in [5.41, 5.74) is 1.66. The van der Waals surface area contributed by atoms with Crippen molar-refractivity contribution in [3.05, 3.63) is 76.1 Å². The Labute approximate surface area is 177 Å². The van der Waals surface area contributed by atoms with Crippen LogP contribution in [-0.4, -0.2) is 16.0 Å². The predicted octanol–water partition coefficient (Wildman–Crippen LogP) is 5.48. The van der Waals surface area contributed by atoms with E-state index in [0.717, 1.165) is 11.1 Å². The standard InChI is InChI=1S/C20H15Cl2N3O2S/c1-12-3-2-8-23-19(12)25-20(28)24-18(26)7-5-16-4-6-17(27-16)13-9-14(21)11-15(22)10-13/h2-11H,1H3,(H2,23,24,25,26,28)/b7-5+. The van der Waals surface area contributed by atoms with Gasteiger partial charge in [0.1, 0.15) is 17.3 Å². The number of carbonyl (C=O) groups excluding carboxylic acids is 1. The van der Waals surface area contributed by atoms with Gasteiger partial charge < -0.3 is 9.73 Å². The van der Waals surface area contributed by atoms with E-state index in [4.69, 9.17) is 39.8 Å². The Morgan fingerprint density at radius 3 is 2.64 bits per heavy atom. The van der Waals surface area contributed by atoms with E-state index in [2.05, 4.69) is 15.6 Å². The summed E-state index contributed by atoms with van der Waals surface area (Å²) >= 11 is 17.2. The van der Waals surface area contributed by atoms with Gasteiger partial charge in [0, 0.05) is 27.9 Å². The van der Waals surface area contributed by atoms with Gasteiger partial charge in [-0.15, -0.1) is 0 Å². The third-order valence-corrected chi connectivity index (χ3v) is 4.29. The van der Waals surface area contributed by atoms with Crippen molar-refractivity contribution < 1.29 is 9.21 Å². The molecule has 2 aromatic heterocycles. The lowest BCUT2D eigenvalue weighted by atomic mass is 10.2. The van der Waals surface area contributed by atoms with Crippen LogP contribution in [0.25, 0.3) is 17.4 Å². The number of benzene rings is 1. The molecule has 0 unspecified atom stereocenters. The molecule has 2 heterocycles. The van der Waals surface area contributed by atoms with Crippen LogP contribution >= 0.6 is 35.4 Å². The average Bonchev–Trinajstić information content (AvgIpc) is 3.10. The number of pyridine rings is 1. The van der Waals surface area contributed by atoms with E-state index in [1.807, 2.05) is 19.1 Å². The maximum atomic E-state index is 12.0. The molecule has 3 aromatic rings. The van der Waals surface area contributed by atoms with Crippen molar-refractivity contribution in [2.45, 2.75) is 6.92 Å². The zero-order valence-corrected chi connectivity index (χ0v) is 17.0. The number of rotatable bonds is 4. The Hall–Kier alpha value is -2.67. The summed E-state index contributed by atoms with van der Waals surface area (Å²) in [4.78, 5) is 16.2. The number of anilines is 1. The van der Waals surface area contributed by atoms with Gasteiger partial charge in [-0.05, 0) is 67.2 Å². The lowest BCUT2D eigenvalue weighted by molar-refractivity contribution is -0.115. The number of nitrogens with zero attached hydrogens (tertiary/aromatic N) is 1. The molecule has 2 N–H and O–H groups in total. The zero-order chi connectivity index (χ0) is 20.1. The second-order valence-corrected chi connectivity index (χ2v) is 7.09. The van der Waals surface area contributed by atoms with Crippen molar-refractivity contribution in [2.24, 2.45) is 0 Å². The molecule has 8 heteroatoms. The third kappa shape index (κ3) is 5.42. The second-order valence-electron chi connectivity index (χ2n) is 5.81. The smallest absolute Gasteiger partial charge is 0.250 e. The van der Waals surface area contributed by atoms with Crippen LogP contribution in [0, 0.1) is 6.92 Å². The molecule has 0 atom stereocenters. The lowest BCUT2D eigenvalue weighted by Gasteiger charge is -2.08. The third-order valence-electron chi connectivity index (χ3n) is 3.65. The Balaban J connectivity index is 1.61. The first-order chi connectivity index (χ1) is 13.4. The second kappa shape index (κ2) is 9.01. The summed E-state index contributed by atoms with van der Waals surface area (Å²) in [5.74, 6) is 1.29. The quantitative estimate of drug-likeness (QED) is 0.422. The molecule has 1 aromatic carbocycles. The van der Waals surface area contributed by atoms with E-state index < -0.39 is 5.91 Å². The van der Waals surface area contributed by atoms with Gasteiger partial charge in [-0.1, -0.05) is 29.3 Å². The van der Waals surface area contributed by atoms with Crippen LogP contribution < -0.4 is 10.6 Å². The minimum atomic E-state index is -0.394. The normalized spacial score (nSPS) is 10.8. The average molecular weight is 432 g/mol. The first-order valence-electron chi connectivity index (χ1n) is 8.19. The van der Waals surface area contributed by atoms with Gasteiger partial charge in [-0.3, -0.25) is 10.1 Å². The number of aryl methyl sites for hydroxylation is 1. The van der Waals surface area contributed by atoms with E-state index in [-0.39, 0.29) is 5.11 Å². The van der Waals surface area contributed by atoms with Crippen LogP contribution in [0.3, 0.4) is 0 Å². The number of halogens is 2. The highest BCUT2D eigenvalue weighted by Crippen LogP contribution is 2.28. The molecule has 0 aliphatic carbocycles. The van der Waals surface area contributed by atoms with E-state index in [1.165, 1.54) is 6.08 Å². The van der Waals surface area contributed by atoms with Gasteiger partial charge in [-0.2, -0.15) is 0 Å². The molecular formula is C20H15Cl2N3O2S. The van der Waals surface area contributed by atoms with Crippen LogP contribution in [-0.2, 0) is 4.79 Å². The Morgan fingerprint density at radius 1 is 1.18 bits per heavy atom. The van der Waals surface area contributed by atoms with Crippen molar-refractivity contribution in [3.63, 3.8) is 0 Å². The fourth-order valence-corrected chi connectivity index (χ4v) is 3.08. The van der Waals surface area contributed by atoms with Gasteiger partial charge in [0.2, 0.25) is 5.91 Å². The van der Waals surface area contributed by atoms with Gasteiger partial charge >= 0.3 is 0 Å². The lowest BCUT2D eigenvalue weighted by Crippen LogP contribution is -2.33. The molecule has 0 aliphatic rings. The van der Waals surface area contributed by atoms with E-state index >= 15 is 0 Å². The Bertz CT molecular complexity index is 1040. The molecule has 0 bridgehead atoms. The van der Waals surface area contributed by atoms with E-state index in [0.29, 0.717) is 27.4 Å². The number of furan rings is 1. The van der Waals surface area contributed by atoms with Crippen LogP contribution in [0.1, 0.15) is 11.3 Å². The summed E-state index contributed by atoms with van der Waals surface area (Å²) in [6.07, 6.45) is 4.51. The molecular weight excluding hydrogens is 417 g/mol. The highest BCUT2D eigenvalue weighted by molar-refractivity contribution is 7.80. The minimum absolute atomic E-state index is 0.158. The van der Waals surface area contributed by atoms with Crippen molar-refractivity contribution in [1.29, 1.82) is 0 Å². The minimum Gasteiger partial charge on any atom is -0.457 e. The number of amides is 1. The highest BCUT2D eigenvalue weighted by Gasteiger charge is 2.07. The highest BCUT2D eigenvalue weighted by atomic mass is 35.5. The monoisotopic (exact) mass is 431 g/mol. The Kier molecular flexibility index (Phi) is 6.46. The van der Waals surface area contributed by atoms with E-state index in [9.17, 15) is 4.79 Å². The molecule has 5 nitrogen and oxygen atoms in total. The topological polar surface area (TPSA) is 67.2 Å². The summed E-state index contributed by atoms with van der Waals surface area (Å²) in [5, 5.41) is 6.62. The van der Waals surface area contributed by atoms with Crippen molar-refractivity contribution >= 4 is 58.3 Å². The van der Waals surface area contributed by atoms with Crippen molar-refractivity contribution in [3.8, 4) is 11.3 Å². The molecule has 0 fully saturated rings. The fourth-order valence-electron chi connectivity index (χ4n) is 2.36. The summed E-state index contributed by atoms with van der Waals surface area (Å²) in [7, 11) is 0. The first kappa shape index (κ1) is 20.1. The van der Waals surface area contributed by atoms with E-state index in [1.54, 1.807) is 42.6 Å². The Morgan fingerprint density at radius 2 is 1.93 bits per heavy atom. The molecule has 142 valence electrons. The molecule has 0 spiro atoms. The summed E-state index contributed by atoms with van der Waals surface area (Å²) < 4.78 is 5.70.